The van der Waals surface area contributed by atoms with E-state index < -0.39 is 0 Å². The molecule has 1 heterocycles. The SMILES string of the molecule is CCC1(C(Br)c2cc(Cl)cc3c2OCC3)CCCC1. The Balaban J connectivity index is 2.02. The maximum Gasteiger partial charge on any atom is 0.127 e. The molecular formula is C16H20BrClO. The summed E-state index contributed by atoms with van der Waals surface area (Å²) in [7, 11) is 0. The Morgan fingerprint density at radius 3 is 2.79 bits per heavy atom. The second-order valence-corrected chi connectivity index (χ2v) is 7.22. The molecule has 0 radical (unpaired) electrons. The molecule has 0 amide bonds. The first-order chi connectivity index (χ1) is 9.16. The van der Waals surface area contributed by atoms with Gasteiger partial charge in [0, 0.05) is 21.8 Å². The molecule has 0 aromatic heterocycles. The van der Waals surface area contributed by atoms with E-state index in [9.17, 15) is 0 Å². The number of alkyl halides is 1. The van der Waals surface area contributed by atoms with Crippen molar-refractivity contribution in [2.45, 2.75) is 50.3 Å². The van der Waals surface area contributed by atoms with Crippen molar-refractivity contribution in [3.8, 4) is 5.75 Å². The molecule has 1 aliphatic carbocycles. The fourth-order valence-electron chi connectivity index (χ4n) is 3.68. The van der Waals surface area contributed by atoms with E-state index in [0.29, 0.717) is 10.2 Å². The quantitative estimate of drug-likeness (QED) is 0.641. The summed E-state index contributed by atoms with van der Waals surface area (Å²) in [4.78, 5) is 0.359. The van der Waals surface area contributed by atoms with Crippen LogP contribution in [0.5, 0.6) is 5.75 Å². The fourth-order valence-corrected chi connectivity index (χ4v) is 5.05. The van der Waals surface area contributed by atoms with Crippen LogP contribution in [0.2, 0.25) is 5.02 Å². The molecule has 0 saturated heterocycles. The number of hydrogen-bond donors (Lipinski definition) is 0. The third kappa shape index (κ3) is 2.31. The van der Waals surface area contributed by atoms with Crippen molar-refractivity contribution in [3.05, 3.63) is 28.3 Å². The van der Waals surface area contributed by atoms with Crippen LogP contribution in [0, 0.1) is 5.41 Å². The van der Waals surface area contributed by atoms with Gasteiger partial charge in [0.2, 0.25) is 0 Å². The standard InChI is InChI=1S/C16H20BrClO/c1-2-16(6-3-4-7-16)15(17)13-10-12(18)9-11-5-8-19-14(11)13/h9-10,15H,2-8H2,1H3. The van der Waals surface area contributed by atoms with Gasteiger partial charge in [-0.2, -0.15) is 0 Å². The van der Waals surface area contributed by atoms with Gasteiger partial charge in [-0.25, -0.2) is 0 Å². The number of fused-ring (bicyclic) bond motifs is 1. The van der Waals surface area contributed by atoms with Crippen LogP contribution in [-0.2, 0) is 6.42 Å². The van der Waals surface area contributed by atoms with Crippen molar-refractivity contribution in [2.24, 2.45) is 5.41 Å². The Hall–Kier alpha value is -0.210. The molecule has 1 saturated carbocycles. The highest BCUT2D eigenvalue weighted by Gasteiger charge is 2.41. The zero-order valence-corrected chi connectivity index (χ0v) is 13.7. The summed E-state index contributed by atoms with van der Waals surface area (Å²) in [6, 6.07) is 4.15. The van der Waals surface area contributed by atoms with Gasteiger partial charge in [-0.15, -0.1) is 0 Å². The van der Waals surface area contributed by atoms with E-state index in [0.717, 1.165) is 23.8 Å². The van der Waals surface area contributed by atoms with Gasteiger partial charge in [0.1, 0.15) is 5.75 Å². The zero-order valence-electron chi connectivity index (χ0n) is 11.3. The second-order valence-electron chi connectivity index (χ2n) is 5.87. The predicted molar refractivity (Wildman–Crippen MR) is 83.5 cm³/mol. The Labute approximate surface area is 128 Å². The van der Waals surface area contributed by atoms with Crippen molar-refractivity contribution in [1.82, 2.24) is 0 Å². The monoisotopic (exact) mass is 342 g/mol. The van der Waals surface area contributed by atoms with Crippen LogP contribution in [0.1, 0.15) is 55.0 Å². The topological polar surface area (TPSA) is 9.23 Å². The van der Waals surface area contributed by atoms with Gasteiger partial charge in [0.05, 0.1) is 6.61 Å². The highest BCUT2D eigenvalue weighted by molar-refractivity contribution is 9.09. The molecule has 19 heavy (non-hydrogen) atoms. The minimum atomic E-state index is 0.359. The van der Waals surface area contributed by atoms with Crippen molar-refractivity contribution < 1.29 is 4.74 Å². The molecule has 3 rings (SSSR count). The molecular weight excluding hydrogens is 324 g/mol. The van der Waals surface area contributed by atoms with Crippen LogP contribution in [0.4, 0.5) is 0 Å². The van der Waals surface area contributed by atoms with Crippen molar-refractivity contribution in [2.75, 3.05) is 6.61 Å². The largest absolute Gasteiger partial charge is 0.493 e. The fraction of sp³-hybridized carbons (Fsp3) is 0.625. The lowest BCUT2D eigenvalue weighted by Crippen LogP contribution is -2.21. The van der Waals surface area contributed by atoms with Crippen LogP contribution < -0.4 is 4.74 Å². The Morgan fingerprint density at radius 1 is 1.37 bits per heavy atom. The Bertz CT molecular complexity index is 480. The normalized spacial score (nSPS) is 22.1. The lowest BCUT2D eigenvalue weighted by atomic mass is 9.77. The third-order valence-electron chi connectivity index (χ3n) is 4.89. The molecule has 1 fully saturated rings. The van der Waals surface area contributed by atoms with E-state index in [1.54, 1.807) is 0 Å². The van der Waals surface area contributed by atoms with Gasteiger partial charge < -0.3 is 4.74 Å². The highest BCUT2D eigenvalue weighted by Crippen LogP contribution is 2.56. The lowest BCUT2D eigenvalue weighted by molar-refractivity contribution is 0.272. The Morgan fingerprint density at radius 2 is 2.11 bits per heavy atom. The molecule has 0 bridgehead atoms. The van der Waals surface area contributed by atoms with Gasteiger partial charge >= 0.3 is 0 Å². The third-order valence-corrected chi connectivity index (χ3v) is 6.57. The first-order valence-electron chi connectivity index (χ1n) is 7.25. The summed E-state index contributed by atoms with van der Waals surface area (Å²) in [6.07, 6.45) is 7.51. The Kier molecular flexibility index (Phi) is 3.83. The molecule has 2 aliphatic rings. The summed E-state index contributed by atoms with van der Waals surface area (Å²) in [6.45, 7) is 3.10. The number of halogens is 2. The van der Waals surface area contributed by atoms with Crippen LogP contribution in [0.25, 0.3) is 0 Å². The molecule has 1 atom stereocenters. The van der Waals surface area contributed by atoms with Crippen LogP contribution in [0.15, 0.2) is 12.1 Å². The first kappa shape index (κ1) is 13.8. The zero-order chi connectivity index (χ0) is 13.5. The smallest absolute Gasteiger partial charge is 0.127 e. The van der Waals surface area contributed by atoms with E-state index in [1.807, 2.05) is 0 Å². The van der Waals surface area contributed by atoms with Gasteiger partial charge in [-0.3, -0.25) is 0 Å². The molecule has 0 spiro atoms. The van der Waals surface area contributed by atoms with E-state index in [2.05, 4.69) is 35.0 Å². The maximum atomic E-state index is 6.29. The first-order valence-corrected chi connectivity index (χ1v) is 8.55. The van der Waals surface area contributed by atoms with Gasteiger partial charge in [-0.05, 0) is 42.4 Å². The van der Waals surface area contributed by atoms with E-state index in [-0.39, 0.29) is 0 Å². The lowest BCUT2D eigenvalue weighted by Gasteiger charge is -2.34. The molecule has 1 nitrogen and oxygen atoms in total. The predicted octanol–water partition coefficient (Wildman–Crippen LogP) is 5.68. The molecule has 1 aromatic rings. The second kappa shape index (κ2) is 5.29. The van der Waals surface area contributed by atoms with Gasteiger partial charge in [0.15, 0.2) is 0 Å². The van der Waals surface area contributed by atoms with Crippen LogP contribution in [0.3, 0.4) is 0 Å². The summed E-state index contributed by atoms with van der Waals surface area (Å²) in [5.74, 6) is 1.09. The van der Waals surface area contributed by atoms with Crippen molar-refractivity contribution in [1.29, 1.82) is 0 Å². The van der Waals surface area contributed by atoms with E-state index >= 15 is 0 Å². The average molecular weight is 344 g/mol. The summed E-state index contributed by atoms with van der Waals surface area (Å²) >= 11 is 10.3. The van der Waals surface area contributed by atoms with Crippen LogP contribution in [-0.4, -0.2) is 6.61 Å². The number of rotatable bonds is 3. The number of benzene rings is 1. The molecule has 0 N–H and O–H groups in total. The molecule has 3 heteroatoms. The molecule has 1 unspecified atom stereocenters. The number of ether oxygens (including phenoxy) is 1. The molecule has 104 valence electrons. The summed E-state index contributed by atoms with van der Waals surface area (Å²) in [5, 5.41) is 0.841. The van der Waals surface area contributed by atoms with E-state index in [1.165, 1.54) is 43.2 Å². The van der Waals surface area contributed by atoms with E-state index in [4.69, 9.17) is 16.3 Å². The molecule has 1 aromatic carbocycles. The minimum absolute atomic E-state index is 0.359. The highest BCUT2D eigenvalue weighted by atomic mass is 79.9. The van der Waals surface area contributed by atoms with Crippen molar-refractivity contribution >= 4 is 27.5 Å². The number of hydrogen-bond acceptors (Lipinski definition) is 1. The summed E-state index contributed by atoms with van der Waals surface area (Å²) in [5.41, 5.74) is 2.92. The minimum Gasteiger partial charge on any atom is -0.493 e. The summed E-state index contributed by atoms with van der Waals surface area (Å²) < 4.78 is 5.87. The maximum absolute atomic E-state index is 6.29. The van der Waals surface area contributed by atoms with Crippen molar-refractivity contribution in [3.63, 3.8) is 0 Å². The van der Waals surface area contributed by atoms with Gasteiger partial charge in [0.25, 0.3) is 0 Å². The van der Waals surface area contributed by atoms with Gasteiger partial charge in [-0.1, -0.05) is 47.3 Å². The van der Waals surface area contributed by atoms with Crippen LogP contribution >= 0.6 is 27.5 Å². The molecule has 1 aliphatic heterocycles. The average Bonchev–Trinajstić information content (AvgIpc) is 3.05.